The minimum absolute atomic E-state index is 0.0521. The Morgan fingerprint density at radius 2 is 2.20 bits per heavy atom. The fraction of sp³-hybridized carbons (Fsp3) is 0.538. The number of hydrogen-bond donors (Lipinski definition) is 2. The van der Waals surface area contributed by atoms with E-state index in [4.69, 9.17) is 16.3 Å². The van der Waals surface area contributed by atoms with Crippen LogP contribution in [0.25, 0.3) is 0 Å². The van der Waals surface area contributed by atoms with Crippen molar-refractivity contribution in [1.29, 1.82) is 0 Å². The first-order valence-corrected chi connectivity index (χ1v) is 8.39. The molecule has 2 N–H and O–H groups in total. The first-order valence-electron chi connectivity index (χ1n) is 6.53. The maximum absolute atomic E-state index is 12.5. The number of hydrogen-bond acceptors (Lipinski definition) is 4. The van der Waals surface area contributed by atoms with Crippen molar-refractivity contribution in [3.05, 3.63) is 23.2 Å². The summed E-state index contributed by atoms with van der Waals surface area (Å²) in [5, 5.41) is 3.45. The first kappa shape index (κ1) is 15.6. The molecular weight excluding hydrogens is 300 g/mol. The second-order valence-electron chi connectivity index (χ2n) is 4.91. The summed E-state index contributed by atoms with van der Waals surface area (Å²) in [4.78, 5) is 0.0521. The van der Waals surface area contributed by atoms with Crippen molar-refractivity contribution in [3.8, 4) is 5.75 Å². The van der Waals surface area contributed by atoms with E-state index in [0.717, 1.165) is 19.4 Å². The topological polar surface area (TPSA) is 67.4 Å². The van der Waals surface area contributed by atoms with Crippen molar-refractivity contribution >= 4 is 21.6 Å². The van der Waals surface area contributed by atoms with Crippen LogP contribution in [-0.2, 0) is 10.0 Å². The largest absolute Gasteiger partial charge is 0.497 e. The smallest absolute Gasteiger partial charge is 0.242 e. The Morgan fingerprint density at radius 3 is 2.85 bits per heavy atom. The molecule has 2 atom stereocenters. The third-order valence-electron chi connectivity index (χ3n) is 3.50. The second-order valence-corrected chi connectivity index (χ2v) is 7.00. The van der Waals surface area contributed by atoms with E-state index < -0.39 is 10.0 Å². The zero-order valence-corrected chi connectivity index (χ0v) is 13.1. The number of ether oxygens (including phenoxy) is 1. The molecule has 1 heterocycles. The number of halogens is 1. The van der Waals surface area contributed by atoms with Crippen LogP contribution in [0.2, 0.25) is 5.02 Å². The molecule has 0 spiro atoms. The summed E-state index contributed by atoms with van der Waals surface area (Å²) in [5.74, 6) is 0.463. The Balaban J connectivity index is 2.25. The minimum atomic E-state index is -3.66. The standard InChI is InChI=1S/C13H19ClN2O3S/c1-9-12(4-3-7-15-9)16-20(17,18)13-8-10(19-2)5-6-11(13)14/h5-6,8-9,12,15-16H,3-4,7H2,1-2H3. The second kappa shape index (κ2) is 6.30. The highest BCUT2D eigenvalue weighted by Crippen LogP contribution is 2.26. The monoisotopic (exact) mass is 318 g/mol. The number of methoxy groups -OCH3 is 1. The molecule has 1 aromatic rings. The van der Waals surface area contributed by atoms with Crippen LogP contribution in [0, 0.1) is 0 Å². The Labute approximate surface area is 124 Å². The molecule has 2 unspecified atom stereocenters. The number of rotatable bonds is 4. The number of sulfonamides is 1. The van der Waals surface area contributed by atoms with Gasteiger partial charge in [0.15, 0.2) is 0 Å². The quantitative estimate of drug-likeness (QED) is 0.888. The van der Waals surface area contributed by atoms with Crippen molar-refractivity contribution in [1.82, 2.24) is 10.0 Å². The van der Waals surface area contributed by atoms with Gasteiger partial charge < -0.3 is 10.1 Å². The molecule has 0 bridgehead atoms. The van der Waals surface area contributed by atoms with Gasteiger partial charge in [-0.1, -0.05) is 11.6 Å². The van der Waals surface area contributed by atoms with Crippen LogP contribution in [-0.4, -0.2) is 34.2 Å². The Hall–Kier alpha value is -0.820. The predicted molar refractivity (Wildman–Crippen MR) is 78.8 cm³/mol. The van der Waals surface area contributed by atoms with Gasteiger partial charge in [0, 0.05) is 18.2 Å². The van der Waals surface area contributed by atoms with Crippen LogP contribution >= 0.6 is 11.6 Å². The summed E-state index contributed by atoms with van der Waals surface area (Å²) in [6.07, 6.45) is 1.76. The molecule has 1 saturated heterocycles. The Morgan fingerprint density at radius 1 is 1.45 bits per heavy atom. The van der Waals surface area contributed by atoms with Gasteiger partial charge in [0.25, 0.3) is 0 Å². The van der Waals surface area contributed by atoms with E-state index >= 15 is 0 Å². The van der Waals surface area contributed by atoms with Gasteiger partial charge in [-0.15, -0.1) is 0 Å². The predicted octanol–water partition coefficient (Wildman–Crippen LogP) is 1.77. The maximum Gasteiger partial charge on any atom is 0.242 e. The molecule has 5 nitrogen and oxygen atoms in total. The zero-order chi connectivity index (χ0) is 14.8. The van der Waals surface area contributed by atoms with E-state index in [1.54, 1.807) is 6.07 Å². The van der Waals surface area contributed by atoms with Gasteiger partial charge in [-0.2, -0.15) is 0 Å². The van der Waals surface area contributed by atoms with Crippen LogP contribution in [0.3, 0.4) is 0 Å². The van der Waals surface area contributed by atoms with Gasteiger partial charge in [-0.05, 0) is 38.4 Å². The van der Waals surface area contributed by atoms with Crippen LogP contribution < -0.4 is 14.8 Å². The van der Waals surface area contributed by atoms with E-state index in [9.17, 15) is 8.42 Å². The third-order valence-corrected chi connectivity index (χ3v) is 5.47. The molecule has 2 rings (SSSR count). The molecule has 1 aliphatic rings. The van der Waals surface area contributed by atoms with Gasteiger partial charge in [0.2, 0.25) is 10.0 Å². The molecule has 0 saturated carbocycles. The SMILES string of the molecule is COc1ccc(Cl)c(S(=O)(=O)NC2CCCNC2C)c1. The summed E-state index contributed by atoms with van der Waals surface area (Å²) in [5.41, 5.74) is 0. The van der Waals surface area contributed by atoms with Crippen molar-refractivity contribution < 1.29 is 13.2 Å². The molecule has 1 aromatic carbocycles. The Kier molecular flexibility index (Phi) is 4.90. The van der Waals surface area contributed by atoms with E-state index in [-0.39, 0.29) is 22.0 Å². The molecule has 1 aliphatic heterocycles. The number of benzene rings is 1. The fourth-order valence-electron chi connectivity index (χ4n) is 2.28. The summed E-state index contributed by atoms with van der Waals surface area (Å²) < 4.78 is 32.7. The normalized spacial score (nSPS) is 23.6. The van der Waals surface area contributed by atoms with Gasteiger partial charge >= 0.3 is 0 Å². The van der Waals surface area contributed by atoms with Crippen LogP contribution in [0.15, 0.2) is 23.1 Å². The number of piperidine rings is 1. The van der Waals surface area contributed by atoms with Crippen LogP contribution in [0.4, 0.5) is 0 Å². The van der Waals surface area contributed by atoms with Crippen molar-refractivity contribution in [2.45, 2.75) is 36.7 Å². The summed E-state index contributed by atoms with van der Waals surface area (Å²) >= 11 is 6.00. The molecule has 1 fully saturated rings. The van der Waals surface area contributed by atoms with E-state index in [2.05, 4.69) is 10.0 Å². The molecule has 0 aliphatic carbocycles. The van der Waals surface area contributed by atoms with Gasteiger partial charge in [-0.25, -0.2) is 13.1 Å². The van der Waals surface area contributed by atoms with Gasteiger partial charge in [-0.3, -0.25) is 0 Å². The first-order chi connectivity index (χ1) is 9.44. The lowest BCUT2D eigenvalue weighted by Gasteiger charge is -2.30. The van der Waals surface area contributed by atoms with Gasteiger partial charge in [0.05, 0.1) is 12.1 Å². The lowest BCUT2D eigenvalue weighted by molar-refractivity contribution is 0.348. The van der Waals surface area contributed by atoms with Crippen LogP contribution in [0.1, 0.15) is 19.8 Å². The zero-order valence-electron chi connectivity index (χ0n) is 11.5. The lowest BCUT2D eigenvalue weighted by atomic mass is 10.0. The molecule has 0 radical (unpaired) electrons. The summed E-state index contributed by atoms with van der Waals surface area (Å²) in [7, 11) is -2.17. The maximum atomic E-state index is 12.5. The van der Waals surface area contributed by atoms with E-state index in [0.29, 0.717) is 5.75 Å². The highest BCUT2D eigenvalue weighted by molar-refractivity contribution is 7.89. The van der Waals surface area contributed by atoms with Crippen molar-refractivity contribution in [2.24, 2.45) is 0 Å². The summed E-state index contributed by atoms with van der Waals surface area (Å²) in [6, 6.07) is 4.56. The van der Waals surface area contributed by atoms with Crippen molar-refractivity contribution in [3.63, 3.8) is 0 Å². The molecule has 7 heteroatoms. The molecule has 20 heavy (non-hydrogen) atoms. The average Bonchev–Trinajstić information content (AvgIpc) is 2.41. The van der Waals surface area contributed by atoms with Crippen molar-refractivity contribution in [2.75, 3.05) is 13.7 Å². The molecule has 112 valence electrons. The molecular formula is C13H19ClN2O3S. The molecule has 0 amide bonds. The highest BCUT2D eigenvalue weighted by Gasteiger charge is 2.28. The Bertz CT molecular complexity index is 577. The van der Waals surface area contributed by atoms with E-state index in [1.165, 1.54) is 19.2 Å². The minimum Gasteiger partial charge on any atom is -0.497 e. The third kappa shape index (κ3) is 3.44. The lowest BCUT2D eigenvalue weighted by Crippen LogP contribution is -2.51. The number of nitrogens with one attached hydrogen (secondary N) is 2. The molecule has 0 aromatic heterocycles. The van der Waals surface area contributed by atoms with Crippen LogP contribution in [0.5, 0.6) is 5.75 Å². The summed E-state index contributed by atoms with van der Waals surface area (Å²) in [6.45, 7) is 2.89. The van der Waals surface area contributed by atoms with Gasteiger partial charge in [0.1, 0.15) is 10.6 Å². The van der Waals surface area contributed by atoms with E-state index in [1.807, 2.05) is 6.92 Å². The fourth-order valence-corrected chi connectivity index (χ4v) is 4.15. The average molecular weight is 319 g/mol. The highest BCUT2D eigenvalue weighted by atomic mass is 35.5.